The van der Waals surface area contributed by atoms with E-state index in [2.05, 4.69) is 6.92 Å². The Morgan fingerprint density at radius 1 is 0.818 bits per heavy atom. The molecule has 1 unspecified atom stereocenters. The molecule has 0 saturated heterocycles. The first-order valence-corrected chi connectivity index (χ1v) is 10.9. The fraction of sp³-hybridized carbons (Fsp3) is 0.944. The van der Waals surface area contributed by atoms with Crippen molar-refractivity contribution < 1.29 is 33.7 Å². The normalized spacial score (nSPS) is 12.0. The Kier molecular flexibility index (Phi) is 21.1. The maximum atomic E-state index is 10.6. The number of carboxylic acids is 1. The maximum absolute atomic E-state index is 10.6. The van der Waals surface area contributed by atoms with E-state index in [1.807, 2.05) is 0 Å². The van der Waals surface area contributed by atoms with Gasteiger partial charge in [0.05, 0.1) is 0 Å². The third-order valence-corrected chi connectivity index (χ3v) is 5.64. The number of carboxylic acid groups (broad SMARTS) is 1. The van der Waals surface area contributed by atoms with Gasteiger partial charge in [-0.15, -0.1) is 0 Å². The summed E-state index contributed by atoms with van der Waals surface area (Å²) in [5, 5.41) is 8.71. The van der Waals surface area contributed by atoms with Crippen LogP contribution in [-0.4, -0.2) is 16.6 Å². The minimum absolute atomic E-state index is 0. The predicted octanol–water partition coefficient (Wildman–Crippen LogP) is 5.45. The molecule has 0 aliphatic heterocycles. The van der Waals surface area contributed by atoms with Crippen molar-refractivity contribution in [3.63, 3.8) is 0 Å². The molecule has 0 saturated carbocycles. The van der Waals surface area contributed by atoms with E-state index in [-0.39, 0.29) is 5.48 Å². The van der Waals surface area contributed by atoms with Gasteiger partial charge < -0.3 is 5.48 Å². The second kappa shape index (κ2) is 19.1. The molecule has 0 heterocycles. The average molecular weight is 367 g/mol. The monoisotopic (exact) mass is 365 g/mol. The summed E-state index contributed by atoms with van der Waals surface area (Å²) in [7, 11) is 0. The van der Waals surface area contributed by atoms with Crippen LogP contribution in [0, 0.1) is 0 Å². The van der Waals surface area contributed by atoms with Crippen molar-refractivity contribution in [3.05, 3.63) is 0 Å². The summed E-state index contributed by atoms with van der Waals surface area (Å²) < 4.78 is 0.468. The first-order chi connectivity index (χ1) is 10.2. The summed E-state index contributed by atoms with van der Waals surface area (Å²) in [6, 6.07) is 0. The average Bonchev–Trinajstić information content (AvgIpc) is 2.43. The van der Waals surface area contributed by atoms with Gasteiger partial charge >= 0.3 is 116 Å². The Balaban J connectivity index is 0. The van der Waals surface area contributed by atoms with Crippen molar-refractivity contribution in [2.45, 2.75) is 108 Å². The first kappa shape index (κ1) is 24.3. The van der Waals surface area contributed by atoms with E-state index in [9.17, 15) is 4.79 Å². The summed E-state index contributed by atoms with van der Waals surface area (Å²) in [6.07, 6.45) is 19.5. The topological polar surface area (TPSA) is 68.8 Å². The number of hydrogen-bond acceptors (Lipinski definition) is 1. The summed E-state index contributed by atoms with van der Waals surface area (Å²) in [5.74, 6) is -0.624. The summed E-state index contributed by atoms with van der Waals surface area (Å²) in [5.41, 5.74) is 0. The Morgan fingerprint density at radius 3 is 1.55 bits per heavy atom. The molecule has 0 fully saturated rings. The van der Waals surface area contributed by atoms with Crippen LogP contribution in [0.25, 0.3) is 0 Å². The van der Waals surface area contributed by atoms with Gasteiger partial charge in [0.2, 0.25) is 0 Å². The third kappa shape index (κ3) is 20.1. The molecule has 1 atom stereocenters. The van der Waals surface area contributed by atoms with Gasteiger partial charge in [-0.3, -0.25) is 0 Å². The molecule has 0 aromatic carbocycles. The molecule has 0 bridgehead atoms. The molecule has 4 heteroatoms. The van der Waals surface area contributed by atoms with Crippen molar-refractivity contribution in [2.75, 3.05) is 0 Å². The van der Waals surface area contributed by atoms with Gasteiger partial charge in [-0.1, -0.05) is 26.2 Å². The molecule has 0 radical (unpaired) electrons. The largest absolute Gasteiger partial charge is 0.412 e. The smallest absolute Gasteiger partial charge is 0.412 e. The minimum Gasteiger partial charge on any atom is -0.412 e. The number of hydrogen-bond donors (Lipinski definition) is 1. The standard InChI is InChI=1S/C18H35O2.H2O.Zn/c1-2-3-4-5-6-7-8-9-10-11-12-13-14-15-16-17-18(19)20;;/h16H,2-15,17H2,1H3,(H,19,20);1H2;. The van der Waals surface area contributed by atoms with Crippen LogP contribution in [0.2, 0.25) is 4.51 Å². The summed E-state index contributed by atoms with van der Waals surface area (Å²) >= 11 is 1.13. The van der Waals surface area contributed by atoms with E-state index in [0.717, 1.165) is 24.7 Å². The van der Waals surface area contributed by atoms with Crippen LogP contribution in [0.15, 0.2) is 0 Å². The summed E-state index contributed by atoms with van der Waals surface area (Å²) in [4.78, 5) is 10.6. The number of unbranched alkanes of at least 4 members (excludes halogenated alkanes) is 12. The van der Waals surface area contributed by atoms with Crippen LogP contribution < -0.4 is 0 Å². The van der Waals surface area contributed by atoms with Gasteiger partial charge in [-0.25, -0.2) is 0 Å². The molecule has 3 N–H and O–H groups in total. The second-order valence-corrected chi connectivity index (χ2v) is 8.92. The molecule has 0 amide bonds. The van der Waals surface area contributed by atoms with Gasteiger partial charge in [0.15, 0.2) is 0 Å². The molecule has 0 spiro atoms. The summed E-state index contributed by atoms with van der Waals surface area (Å²) in [6.45, 7) is 2.27. The fourth-order valence-corrected chi connectivity index (χ4v) is 3.92. The molecule has 22 heavy (non-hydrogen) atoms. The first-order valence-electron chi connectivity index (χ1n) is 9.21. The van der Waals surface area contributed by atoms with Crippen molar-refractivity contribution in [1.82, 2.24) is 0 Å². The van der Waals surface area contributed by atoms with Gasteiger partial charge in [0.1, 0.15) is 0 Å². The van der Waals surface area contributed by atoms with Crippen LogP contribution in [0.3, 0.4) is 0 Å². The molecule has 3 nitrogen and oxygen atoms in total. The van der Waals surface area contributed by atoms with Gasteiger partial charge in [0, 0.05) is 0 Å². The quantitative estimate of drug-likeness (QED) is 0.291. The van der Waals surface area contributed by atoms with Crippen LogP contribution in [0.4, 0.5) is 0 Å². The van der Waals surface area contributed by atoms with E-state index >= 15 is 0 Å². The zero-order valence-electron chi connectivity index (χ0n) is 14.7. The Morgan fingerprint density at radius 2 is 1.18 bits per heavy atom. The molecular weight excluding hydrogens is 330 g/mol. The Bertz CT molecular complexity index is 234. The van der Waals surface area contributed by atoms with E-state index in [0.29, 0.717) is 10.9 Å². The zero-order chi connectivity index (χ0) is 15.8. The molecule has 129 valence electrons. The van der Waals surface area contributed by atoms with E-state index < -0.39 is 5.97 Å². The number of carbonyl (C=O) groups is 1. The van der Waals surface area contributed by atoms with E-state index in [1.165, 1.54) is 83.5 Å². The van der Waals surface area contributed by atoms with Crippen molar-refractivity contribution in [1.29, 1.82) is 0 Å². The van der Waals surface area contributed by atoms with Crippen LogP contribution in [-0.2, 0) is 23.1 Å². The third-order valence-electron chi connectivity index (χ3n) is 4.18. The minimum atomic E-state index is -0.624. The van der Waals surface area contributed by atoms with E-state index in [4.69, 9.17) is 5.11 Å². The number of rotatable bonds is 16. The SMILES string of the molecule is CCCCCCCCCCCCCCC[CH]([Zn])CC(=O)O.O. The van der Waals surface area contributed by atoms with Crippen LogP contribution in [0.1, 0.15) is 103 Å². The Hall–Kier alpha value is 0.0534. The van der Waals surface area contributed by atoms with Crippen LogP contribution >= 0.6 is 0 Å². The van der Waals surface area contributed by atoms with Crippen LogP contribution in [0.5, 0.6) is 0 Å². The van der Waals surface area contributed by atoms with Gasteiger partial charge in [-0.05, 0) is 0 Å². The molecule has 0 aliphatic carbocycles. The van der Waals surface area contributed by atoms with Gasteiger partial charge in [0.25, 0.3) is 0 Å². The number of aliphatic carboxylic acids is 1. The van der Waals surface area contributed by atoms with Gasteiger partial charge in [-0.2, -0.15) is 0 Å². The molecule has 0 rings (SSSR count). The molecule has 0 aromatic heterocycles. The Labute approximate surface area is 147 Å². The molecule has 0 aromatic rings. The second-order valence-electron chi connectivity index (χ2n) is 6.50. The predicted molar refractivity (Wildman–Crippen MR) is 89.9 cm³/mol. The van der Waals surface area contributed by atoms with Crippen molar-refractivity contribution in [3.8, 4) is 0 Å². The van der Waals surface area contributed by atoms with E-state index in [1.54, 1.807) is 0 Å². The molecular formula is C18H37O3Zn. The van der Waals surface area contributed by atoms with Crippen molar-refractivity contribution in [2.24, 2.45) is 0 Å². The van der Waals surface area contributed by atoms with Crippen molar-refractivity contribution >= 4 is 5.97 Å². The molecule has 0 aliphatic rings. The maximum Gasteiger partial charge on any atom is -0.412 e. The fourth-order valence-electron chi connectivity index (χ4n) is 2.80. The zero-order valence-corrected chi connectivity index (χ0v) is 17.7.